The molecule has 8 nitrogen and oxygen atoms in total. The fourth-order valence-corrected chi connectivity index (χ4v) is 5.45. The molecule has 4 N–H and O–H groups in total. The summed E-state index contributed by atoms with van der Waals surface area (Å²) < 4.78 is 10.5. The number of aliphatic hydroxyl groups is 2. The molecule has 170 valence electrons. The Morgan fingerprint density at radius 2 is 1.88 bits per heavy atom. The Bertz CT molecular complexity index is 984. The van der Waals surface area contributed by atoms with Crippen LogP contribution in [-0.2, 0) is 11.3 Å². The van der Waals surface area contributed by atoms with Crippen molar-refractivity contribution in [2.75, 3.05) is 19.5 Å². The third kappa shape index (κ3) is 4.69. The number of aliphatic imine (C=N–C) groups is 1. The molecule has 4 rings (SSSR count). The van der Waals surface area contributed by atoms with E-state index in [1.807, 2.05) is 48.5 Å². The van der Waals surface area contributed by atoms with Crippen LogP contribution in [0, 0.1) is 5.92 Å². The SMILES string of the molecule is COc1ccc(NC2=NC3C(O)C(O)CC(C(=O)NCc4ccccc4OC)C3S2)cc1. The van der Waals surface area contributed by atoms with E-state index in [-0.39, 0.29) is 17.6 Å². The highest BCUT2D eigenvalue weighted by atomic mass is 32.2. The van der Waals surface area contributed by atoms with E-state index < -0.39 is 24.2 Å². The van der Waals surface area contributed by atoms with Crippen molar-refractivity contribution in [3.05, 3.63) is 54.1 Å². The van der Waals surface area contributed by atoms with Crippen molar-refractivity contribution in [2.24, 2.45) is 10.9 Å². The van der Waals surface area contributed by atoms with Gasteiger partial charge in [-0.3, -0.25) is 9.79 Å². The molecule has 2 aromatic rings. The molecular weight excluding hydrogens is 430 g/mol. The Labute approximate surface area is 191 Å². The Kier molecular flexibility index (Phi) is 6.88. The van der Waals surface area contributed by atoms with E-state index in [1.54, 1.807) is 14.2 Å². The Hall–Kier alpha value is -2.75. The number of nitrogens with zero attached hydrogens (tertiary/aromatic N) is 1. The van der Waals surface area contributed by atoms with Crippen molar-refractivity contribution in [1.82, 2.24) is 5.32 Å². The van der Waals surface area contributed by atoms with Crippen LogP contribution in [-0.4, -0.2) is 59.0 Å². The topological polar surface area (TPSA) is 112 Å². The summed E-state index contributed by atoms with van der Waals surface area (Å²) in [6.07, 6.45) is -1.85. The zero-order valence-electron chi connectivity index (χ0n) is 17.9. The van der Waals surface area contributed by atoms with E-state index in [0.29, 0.717) is 17.5 Å². The minimum atomic E-state index is -1.01. The summed E-state index contributed by atoms with van der Waals surface area (Å²) in [5.74, 6) is 0.784. The molecule has 1 fully saturated rings. The predicted molar refractivity (Wildman–Crippen MR) is 124 cm³/mol. The number of amides is 1. The quantitative estimate of drug-likeness (QED) is 0.525. The highest BCUT2D eigenvalue weighted by Crippen LogP contribution is 2.41. The number of amidine groups is 1. The molecule has 5 unspecified atom stereocenters. The molecule has 1 aliphatic heterocycles. The van der Waals surface area contributed by atoms with Gasteiger partial charge in [-0.2, -0.15) is 0 Å². The average molecular weight is 458 g/mol. The number of para-hydroxylation sites is 1. The van der Waals surface area contributed by atoms with Gasteiger partial charge in [-0.05, 0) is 36.8 Å². The number of anilines is 1. The first-order chi connectivity index (χ1) is 15.5. The number of benzene rings is 2. The van der Waals surface area contributed by atoms with Crippen LogP contribution in [0.3, 0.4) is 0 Å². The highest BCUT2D eigenvalue weighted by molar-refractivity contribution is 8.15. The normalized spacial score (nSPS) is 26.6. The number of carbonyl (C=O) groups excluding carboxylic acids is 1. The van der Waals surface area contributed by atoms with Gasteiger partial charge >= 0.3 is 0 Å². The molecule has 2 aromatic carbocycles. The van der Waals surface area contributed by atoms with Gasteiger partial charge in [0.15, 0.2) is 5.17 Å². The lowest BCUT2D eigenvalue weighted by Gasteiger charge is -2.37. The van der Waals surface area contributed by atoms with Crippen molar-refractivity contribution in [1.29, 1.82) is 0 Å². The first-order valence-corrected chi connectivity index (χ1v) is 11.3. The molecule has 2 aliphatic rings. The fraction of sp³-hybridized carbons (Fsp3) is 0.391. The molecule has 1 saturated carbocycles. The van der Waals surface area contributed by atoms with Gasteiger partial charge < -0.3 is 30.3 Å². The number of carbonyl (C=O) groups is 1. The summed E-state index contributed by atoms with van der Waals surface area (Å²) in [6, 6.07) is 14.3. The molecule has 1 amide bonds. The molecule has 5 atom stereocenters. The van der Waals surface area contributed by atoms with Gasteiger partial charge in [-0.1, -0.05) is 30.0 Å². The van der Waals surface area contributed by atoms with Crippen molar-refractivity contribution in [3.8, 4) is 11.5 Å². The minimum Gasteiger partial charge on any atom is -0.497 e. The molecule has 1 aliphatic carbocycles. The van der Waals surface area contributed by atoms with Crippen molar-refractivity contribution in [3.63, 3.8) is 0 Å². The number of hydrogen-bond donors (Lipinski definition) is 4. The van der Waals surface area contributed by atoms with Crippen molar-refractivity contribution < 1.29 is 24.5 Å². The van der Waals surface area contributed by atoms with E-state index in [9.17, 15) is 15.0 Å². The van der Waals surface area contributed by atoms with Gasteiger partial charge in [-0.15, -0.1) is 0 Å². The first-order valence-electron chi connectivity index (χ1n) is 10.4. The predicted octanol–water partition coefficient (Wildman–Crippen LogP) is 2.01. The van der Waals surface area contributed by atoms with Crippen LogP contribution in [0.15, 0.2) is 53.5 Å². The molecule has 0 saturated heterocycles. The minimum absolute atomic E-state index is 0.176. The zero-order valence-corrected chi connectivity index (χ0v) is 18.7. The number of ether oxygens (including phenoxy) is 2. The summed E-state index contributed by atoms with van der Waals surface area (Å²) in [5, 5.41) is 27.4. The van der Waals surface area contributed by atoms with Crippen LogP contribution < -0.4 is 20.1 Å². The van der Waals surface area contributed by atoms with E-state index in [0.717, 1.165) is 17.0 Å². The Morgan fingerprint density at radius 3 is 2.59 bits per heavy atom. The van der Waals surface area contributed by atoms with Crippen molar-refractivity contribution in [2.45, 2.75) is 36.5 Å². The lowest BCUT2D eigenvalue weighted by atomic mass is 9.81. The second-order valence-corrected chi connectivity index (χ2v) is 8.96. The van der Waals surface area contributed by atoms with Gasteiger partial charge in [0.2, 0.25) is 5.91 Å². The summed E-state index contributed by atoms with van der Waals surface area (Å²) in [6.45, 7) is 0.317. The van der Waals surface area contributed by atoms with Gasteiger partial charge in [0.1, 0.15) is 17.6 Å². The van der Waals surface area contributed by atoms with Gasteiger partial charge in [0.25, 0.3) is 0 Å². The standard InChI is InChI=1S/C23H27N3O5S/c1-30-15-9-7-14(8-10-15)25-23-26-19-20(28)17(27)11-16(21(19)32-23)22(29)24-12-13-5-3-4-6-18(13)31-2/h3-10,16-17,19-21,27-28H,11-12H2,1-2H3,(H,24,29)(H,25,26). The van der Waals surface area contributed by atoms with Gasteiger partial charge in [-0.25, -0.2) is 0 Å². The molecule has 0 radical (unpaired) electrons. The maximum absolute atomic E-state index is 13.1. The van der Waals surface area contributed by atoms with Crippen LogP contribution in [0.5, 0.6) is 11.5 Å². The second kappa shape index (κ2) is 9.81. The van der Waals surface area contributed by atoms with Crippen LogP contribution in [0.1, 0.15) is 12.0 Å². The van der Waals surface area contributed by atoms with Crippen LogP contribution in [0.2, 0.25) is 0 Å². The Balaban J connectivity index is 1.44. The third-order valence-electron chi connectivity index (χ3n) is 5.81. The van der Waals surface area contributed by atoms with E-state index in [2.05, 4.69) is 15.6 Å². The lowest BCUT2D eigenvalue weighted by Crippen LogP contribution is -2.53. The summed E-state index contributed by atoms with van der Waals surface area (Å²) in [4.78, 5) is 17.6. The van der Waals surface area contributed by atoms with E-state index in [4.69, 9.17) is 9.47 Å². The largest absolute Gasteiger partial charge is 0.497 e. The van der Waals surface area contributed by atoms with Crippen LogP contribution >= 0.6 is 11.8 Å². The average Bonchev–Trinajstić information content (AvgIpc) is 3.24. The second-order valence-electron chi connectivity index (χ2n) is 7.79. The summed E-state index contributed by atoms with van der Waals surface area (Å²) >= 11 is 1.42. The molecule has 0 bridgehead atoms. The monoisotopic (exact) mass is 457 g/mol. The van der Waals surface area contributed by atoms with Crippen LogP contribution in [0.25, 0.3) is 0 Å². The molecule has 32 heavy (non-hydrogen) atoms. The fourth-order valence-electron chi connectivity index (χ4n) is 4.07. The Morgan fingerprint density at radius 1 is 1.12 bits per heavy atom. The molecule has 0 aromatic heterocycles. The maximum Gasteiger partial charge on any atom is 0.224 e. The maximum atomic E-state index is 13.1. The molecule has 9 heteroatoms. The van der Waals surface area contributed by atoms with E-state index in [1.165, 1.54) is 11.8 Å². The van der Waals surface area contributed by atoms with Crippen LogP contribution in [0.4, 0.5) is 5.69 Å². The number of nitrogens with one attached hydrogen (secondary N) is 2. The molecule has 1 heterocycles. The highest BCUT2D eigenvalue weighted by Gasteiger charge is 2.50. The van der Waals surface area contributed by atoms with Gasteiger partial charge in [0, 0.05) is 23.0 Å². The molecular formula is C23H27N3O5S. The summed E-state index contributed by atoms with van der Waals surface area (Å²) in [7, 11) is 3.20. The number of fused-ring (bicyclic) bond motifs is 1. The van der Waals surface area contributed by atoms with Gasteiger partial charge in [0.05, 0.1) is 32.3 Å². The van der Waals surface area contributed by atoms with E-state index >= 15 is 0 Å². The third-order valence-corrected chi connectivity index (χ3v) is 7.12. The lowest BCUT2D eigenvalue weighted by molar-refractivity contribution is -0.129. The summed E-state index contributed by atoms with van der Waals surface area (Å²) in [5.41, 5.74) is 1.69. The number of hydrogen-bond acceptors (Lipinski definition) is 8. The number of thioether (sulfide) groups is 1. The number of rotatable bonds is 6. The smallest absolute Gasteiger partial charge is 0.224 e. The number of aliphatic hydroxyl groups excluding tert-OH is 2. The first kappa shape index (κ1) is 22.4. The zero-order chi connectivity index (χ0) is 22.7. The number of methoxy groups -OCH3 is 2. The van der Waals surface area contributed by atoms with Crippen molar-refractivity contribution >= 4 is 28.5 Å². The molecule has 0 spiro atoms.